The number of benzene rings is 1. The van der Waals surface area contributed by atoms with Crippen molar-refractivity contribution in [1.82, 2.24) is 4.90 Å². The lowest BCUT2D eigenvalue weighted by Crippen LogP contribution is -2.45. The normalized spacial score (nSPS) is 24.0. The third kappa shape index (κ3) is 2.82. The Morgan fingerprint density at radius 2 is 1.75 bits per heavy atom. The molecule has 3 rings (SSSR count). The fraction of sp³-hybridized carbons (Fsp3) is 0.353. The SMILES string of the molecule is C[C@@H](C(=O)Oc1cccc(Cl)c1Cl)N1C(=O)[C@@H]2CC=CC[C@H]2C1=O. The lowest BCUT2D eigenvalue weighted by atomic mass is 9.85. The molecule has 1 aliphatic heterocycles. The lowest BCUT2D eigenvalue weighted by molar-refractivity contribution is -0.152. The molecule has 0 saturated carbocycles. The second kappa shape index (κ2) is 6.57. The number of ether oxygens (including phenoxy) is 1. The highest BCUT2D eigenvalue weighted by molar-refractivity contribution is 6.43. The summed E-state index contributed by atoms with van der Waals surface area (Å²) >= 11 is 11.9. The van der Waals surface area contributed by atoms with Gasteiger partial charge in [-0.25, -0.2) is 4.79 Å². The largest absolute Gasteiger partial charge is 0.423 e. The molecule has 0 bridgehead atoms. The van der Waals surface area contributed by atoms with E-state index in [1.807, 2.05) is 12.2 Å². The Morgan fingerprint density at radius 1 is 1.17 bits per heavy atom. The quantitative estimate of drug-likeness (QED) is 0.356. The number of halogens is 2. The standard InChI is InChI=1S/C17H15Cl2NO4/c1-9(17(23)24-13-8-4-7-12(18)14(13)19)20-15(21)10-5-2-3-6-11(10)16(20)22/h2-4,7-11H,5-6H2,1H3/t9-,10+,11+/m0/s1. The molecule has 1 aliphatic carbocycles. The Balaban J connectivity index is 1.77. The summed E-state index contributed by atoms with van der Waals surface area (Å²) in [5.74, 6) is -2.04. The number of likely N-dealkylation sites (tertiary alicyclic amines) is 1. The zero-order chi connectivity index (χ0) is 17.4. The molecule has 1 fully saturated rings. The molecule has 3 atom stereocenters. The van der Waals surface area contributed by atoms with Crippen molar-refractivity contribution in [3.05, 3.63) is 40.4 Å². The Kier molecular flexibility index (Phi) is 4.65. The number of carbonyl (C=O) groups excluding carboxylic acids is 3. The van der Waals surface area contributed by atoms with Crippen LogP contribution >= 0.6 is 23.2 Å². The van der Waals surface area contributed by atoms with Crippen LogP contribution in [0.4, 0.5) is 0 Å². The van der Waals surface area contributed by atoms with Crippen molar-refractivity contribution in [3.8, 4) is 5.75 Å². The van der Waals surface area contributed by atoms with E-state index < -0.39 is 12.0 Å². The van der Waals surface area contributed by atoms with Gasteiger partial charge in [-0.3, -0.25) is 14.5 Å². The first kappa shape index (κ1) is 17.0. The molecule has 2 amide bonds. The van der Waals surface area contributed by atoms with Gasteiger partial charge in [-0.1, -0.05) is 41.4 Å². The maximum atomic E-state index is 12.5. The summed E-state index contributed by atoms with van der Waals surface area (Å²) in [4.78, 5) is 38.4. The molecule has 0 N–H and O–H groups in total. The lowest BCUT2D eigenvalue weighted by Gasteiger charge is -2.21. The molecule has 1 saturated heterocycles. The number of carbonyl (C=O) groups is 3. The number of amides is 2. The van der Waals surface area contributed by atoms with Crippen LogP contribution in [0.1, 0.15) is 19.8 Å². The molecule has 0 spiro atoms. The second-order valence-corrected chi connectivity index (χ2v) is 6.64. The van der Waals surface area contributed by atoms with Gasteiger partial charge in [0.25, 0.3) is 0 Å². The van der Waals surface area contributed by atoms with Crippen molar-refractivity contribution in [1.29, 1.82) is 0 Å². The van der Waals surface area contributed by atoms with Gasteiger partial charge in [0.05, 0.1) is 16.9 Å². The summed E-state index contributed by atoms with van der Waals surface area (Å²) in [6.07, 6.45) is 4.83. The smallest absolute Gasteiger partial charge is 0.334 e. The van der Waals surface area contributed by atoms with Crippen molar-refractivity contribution in [2.75, 3.05) is 0 Å². The zero-order valence-electron chi connectivity index (χ0n) is 12.9. The molecule has 2 aliphatic rings. The molecule has 0 unspecified atom stereocenters. The minimum absolute atomic E-state index is 0.0965. The van der Waals surface area contributed by atoms with E-state index in [0.717, 1.165) is 4.90 Å². The number of esters is 1. The van der Waals surface area contributed by atoms with E-state index in [-0.39, 0.29) is 39.4 Å². The number of nitrogens with zero attached hydrogens (tertiary/aromatic N) is 1. The van der Waals surface area contributed by atoms with Gasteiger partial charge < -0.3 is 4.74 Å². The maximum absolute atomic E-state index is 12.5. The third-order valence-electron chi connectivity index (χ3n) is 4.40. The van der Waals surface area contributed by atoms with Crippen LogP contribution in [-0.2, 0) is 14.4 Å². The molecule has 0 aromatic heterocycles. The van der Waals surface area contributed by atoms with Crippen molar-refractivity contribution >= 4 is 41.0 Å². The number of imide groups is 1. The molecule has 24 heavy (non-hydrogen) atoms. The summed E-state index contributed by atoms with van der Waals surface area (Å²) in [6, 6.07) is 3.63. The molecule has 1 aromatic carbocycles. The van der Waals surface area contributed by atoms with Crippen LogP contribution in [0, 0.1) is 11.8 Å². The Labute approximate surface area is 149 Å². The number of rotatable bonds is 3. The van der Waals surface area contributed by atoms with Crippen molar-refractivity contribution in [2.45, 2.75) is 25.8 Å². The Morgan fingerprint density at radius 3 is 2.33 bits per heavy atom. The number of fused-ring (bicyclic) bond motifs is 1. The fourth-order valence-electron chi connectivity index (χ4n) is 3.07. The Bertz CT molecular complexity index is 720. The van der Waals surface area contributed by atoms with Gasteiger partial charge in [-0.15, -0.1) is 0 Å². The molecule has 5 nitrogen and oxygen atoms in total. The summed E-state index contributed by atoms with van der Waals surface area (Å²) in [5, 5.41) is 0.358. The van der Waals surface area contributed by atoms with E-state index in [1.165, 1.54) is 13.0 Å². The van der Waals surface area contributed by atoms with Crippen LogP contribution in [0.5, 0.6) is 5.75 Å². The predicted octanol–water partition coefficient (Wildman–Crippen LogP) is 3.24. The number of hydrogen-bond donors (Lipinski definition) is 0. The highest BCUT2D eigenvalue weighted by atomic mass is 35.5. The zero-order valence-corrected chi connectivity index (χ0v) is 14.4. The first-order chi connectivity index (χ1) is 11.4. The minimum Gasteiger partial charge on any atom is -0.423 e. The second-order valence-electron chi connectivity index (χ2n) is 5.85. The average Bonchev–Trinajstić information content (AvgIpc) is 2.83. The first-order valence-electron chi connectivity index (χ1n) is 7.59. The van der Waals surface area contributed by atoms with Crippen LogP contribution < -0.4 is 4.74 Å². The van der Waals surface area contributed by atoms with Gasteiger partial charge in [0.1, 0.15) is 11.1 Å². The first-order valence-corrected chi connectivity index (χ1v) is 8.35. The highest BCUT2D eigenvalue weighted by Crippen LogP contribution is 2.37. The van der Waals surface area contributed by atoms with E-state index in [0.29, 0.717) is 12.8 Å². The van der Waals surface area contributed by atoms with E-state index in [1.54, 1.807) is 12.1 Å². The van der Waals surface area contributed by atoms with Crippen molar-refractivity contribution in [3.63, 3.8) is 0 Å². The molecular formula is C17H15Cl2NO4. The van der Waals surface area contributed by atoms with Gasteiger partial charge in [0.15, 0.2) is 5.75 Å². The summed E-state index contributed by atoms with van der Waals surface area (Å²) in [7, 11) is 0. The molecule has 126 valence electrons. The van der Waals surface area contributed by atoms with E-state index in [4.69, 9.17) is 27.9 Å². The highest BCUT2D eigenvalue weighted by Gasteiger charge is 2.50. The number of hydrogen-bond acceptors (Lipinski definition) is 4. The van der Waals surface area contributed by atoms with Crippen LogP contribution in [0.3, 0.4) is 0 Å². The minimum atomic E-state index is -1.02. The number of allylic oxidation sites excluding steroid dienone is 2. The molecule has 1 aromatic rings. The molecule has 0 radical (unpaired) electrons. The van der Waals surface area contributed by atoms with Crippen molar-refractivity contribution in [2.24, 2.45) is 11.8 Å². The van der Waals surface area contributed by atoms with Gasteiger partial charge in [0.2, 0.25) is 11.8 Å². The summed E-state index contributed by atoms with van der Waals surface area (Å²) in [6.45, 7) is 1.47. The van der Waals surface area contributed by atoms with Crippen LogP contribution in [-0.4, -0.2) is 28.7 Å². The molecular weight excluding hydrogens is 353 g/mol. The van der Waals surface area contributed by atoms with Crippen LogP contribution in [0.2, 0.25) is 10.0 Å². The van der Waals surface area contributed by atoms with Crippen LogP contribution in [0.15, 0.2) is 30.4 Å². The van der Waals surface area contributed by atoms with Gasteiger partial charge in [-0.05, 0) is 31.9 Å². The maximum Gasteiger partial charge on any atom is 0.334 e. The summed E-state index contributed by atoms with van der Waals surface area (Å²) in [5.41, 5.74) is 0. The molecule has 1 heterocycles. The van der Waals surface area contributed by atoms with Gasteiger partial charge in [-0.2, -0.15) is 0 Å². The summed E-state index contributed by atoms with van der Waals surface area (Å²) < 4.78 is 5.23. The predicted molar refractivity (Wildman–Crippen MR) is 88.8 cm³/mol. The molecule has 7 heteroatoms. The van der Waals surface area contributed by atoms with E-state index in [2.05, 4.69) is 0 Å². The van der Waals surface area contributed by atoms with E-state index in [9.17, 15) is 14.4 Å². The third-order valence-corrected chi connectivity index (χ3v) is 5.20. The average molecular weight is 368 g/mol. The Hall–Kier alpha value is -1.85. The van der Waals surface area contributed by atoms with Gasteiger partial charge in [0, 0.05) is 0 Å². The van der Waals surface area contributed by atoms with E-state index >= 15 is 0 Å². The topological polar surface area (TPSA) is 63.7 Å². The van der Waals surface area contributed by atoms with Gasteiger partial charge >= 0.3 is 5.97 Å². The monoisotopic (exact) mass is 367 g/mol. The fourth-order valence-corrected chi connectivity index (χ4v) is 3.40. The van der Waals surface area contributed by atoms with Crippen LogP contribution in [0.25, 0.3) is 0 Å². The van der Waals surface area contributed by atoms with Crippen molar-refractivity contribution < 1.29 is 19.1 Å².